The molecule has 2 aromatic carbocycles. The number of nitrogens with one attached hydrogen (secondary N) is 1. The summed E-state index contributed by atoms with van der Waals surface area (Å²) < 4.78 is 11.1. The Morgan fingerprint density at radius 2 is 1.58 bits per heavy atom. The van der Waals surface area contributed by atoms with E-state index in [0.29, 0.717) is 30.0 Å². The predicted octanol–water partition coefficient (Wildman–Crippen LogP) is 6.50. The average Bonchev–Trinajstić information content (AvgIpc) is 3.68. The molecule has 1 atom stereocenters. The van der Waals surface area contributed by atoms with Gasteiger partial charge in [0.1, 0.15) is 17.5 Å². The molecule has 0 saturated heterocycles. The second-order valence-electron chi connectivity index (χ2n) is 8.98. The molecule has 8 heteroatoms. The molecule has 1 fully saturated rings. The Morgan fingerprint density at radius 3 is 2.08 bits per heavy atom. The molecule has 0 bridgehead atoms. The van der Waals surface area contributed by atoms with Crippen LogP contribution in [0.1, 0.15) is 44.9 Å². The molecule has 38 heavy (non-hydrogen) atoms. The summed E-state index contributed by atoms with van der Waals surface area (Å²) in [7, 11) is 1.00. The molecular formula is C30H34N2O6. The molecule has 1 unspecified atom stereocenters. The number of allylic oxidation sites excluding steroid dienone is 2. The van der Waals surface area contributed by atoms with Gasteiger partial charge in [0.15, 0.2) is 5.76 Å². The lowest BCUT2D eigenvalue weighted by Gasteiger charge is -2.15. The highest BCUT2D eigenvalue weighted by Crippen LogP contribution is 2.48. The van der Waals surface area contributed by atoms with Gasteiger partial charge in [-0.1, -0.05) is 71.9 Å². The minimum absolute atomic E-state index is 0.411. The van der Waals surface area contributed by atoms with E-state index in [4.69, 9.17) is 14.4 Å². The van der Waals surface area contributed by atoms with Gasteiger partial charge in [0, 0.05) is 12.7 Å². The number of nitrogens with zero attached hydrogens (tertiary/aromatic N) is 1. The van der Waals surface area contributed by atoms with Crippen molar-refractivity contribution in [1.29, 1.82) is 0 Å². The number of aliphatic carboxylic acids is 1. The smallest absolute Gasteiger partial charge is 0.412 e. The maximum atomic E-state index is 12.6. The van der Waals surface area contributed by atoms with Crippen LogP contribution >= 0.6 is 0 Å². The van der Waals surface area contributed by atoms with E-state index in [2.05, 4.69) is 10.5 Å². The van der Waals surface area contributed by atoms with Crippen LogP contribution in [0, 0.1) is 6.92 Å². The lowest BCUT2D eigenvalue weighted by Crippen LogP contribution is -2.21. The Bertz CT molecular complexity index is 1320. The van der Waals surface area contributed by atoms with E-state index in [1.165, 1.54) is 0 Å². The van der Waals surface area contributed by atoms with E-state index in [0.717, 1.165) is 34.9 Å². The van der Waals surface area contributed by atoms with Crippen molar-refractivity contribution in [3.05, 3.63) is 83.6 Å². The molecule has 3 aromatic rings. The van der Waals surface area contributed by atoms with Crippen LogP contribution in [-0.2, 0) is 14.9 Å². The third-order valence-electron chi connectivity index (χ3n) is 6.61. The van der Waals surface area contributed by atoms with E-state index in [-0.39, 0.29) is 0 Å². The van der Waals surface area contributed by atoms with Crippen molar-refractivity contribution >= 4 is 17.7 Å². The third-order valence-corrected chi connectivity index (χ3v) is 6.61. The Hall–Kier alpha value is -4.17. The van der Waals surface area contributed by atoms with E-state index < -0.39 is 23.6 Å². The molecule has 1 amide bonds. The molecule has 0 spiro atoms. The molecule has 8 nitrogen and oxygen atoms in total. The topological polar surface area (TPSA) is 122 Å². The van der Waals surface area contributed by atoms with Crippen LogP contribution < -0.4 is 5.32 Å². The maximum Gasteiger partial charge on any atom is 0.412 e. The van der Waals surface area contributed by atoms with Crippen LogP contribution in [0.25, 0.3) is 22.5 Å². The van der Waals surface area contributed by atoms with Crippen molar-refractivity contribution < 1.29 is 29.1 Å². The minimum atomic E-state index is -0.759. The fourth-order valence-corrected chi connectivity index (χ4v) is 4.28. The number of carboxylic acid groups (broad SMARTS) is 1. The van der Waals surface area contributed by atoms with Gasteiger partial charge in [-0.2, -0.15) is 0 Å². The van der Waals surface area contributed by atoms with Gasteiger partial charge in [0.05, 0.1) is 5.41 Å². The van der Waals surface area contributed by atoms with Gasteiger partial charge >= 0.3 is 12.1 Å². The van der Waals surface area contributed by atoms with Crippen molar-refractivity contribution in [1.82, 2.24) is 5.16 Å². The number of benzene rings is 2. The highest BCUT2D eigenvalue weighted by molar-refractivity contribution is 5.91. The summed E-state index contributed by atoms with van der Waals surface area (Å²) in [5.74, 6) is -0.319. The van der Waals surface area contributed by atoms with Crippen LogP contribution in [0.4, 0.5) is 10.5 Å². The first-order chi connectivity index (χ1) is 18.3. The second-order valence-corrected chi connectivity index (χ2v) is 8.98. The second kappa shape index (κ2) is 12.4. The minimum Gasteiger partial charge on any atom is -0.481 e. The Labute approximate surface area is 222 Å². The molecule has 1 aromatic heterocycles. The summed E-state index contributed by atoms with van der Waals surface area (Å²) in [6, 6.07) is 15.4. The summed E-state index contributed by atoms with van der Waals surface area (Å²) in [5.41, 5.74) is 4.75. The number of ether oxygens (including phenoxy) is 1. The zero-order chi connectivity index (χ0) is 27.9. The molecule has 0 aliphatic heterocycles. The van der Waals surface area contributed by atoms with Crippen molar-refractivity contribution in [3.63, 3.8) is 0 Å². The number of hydrogen-bond acceptors (Lipinski definition) is 6. The van der Waals surface area contributed by atoms with Gasteiger partial charge < -0.3 is 19.5 Å². The summed E-state index contributed by atoms with van der Waals surface area (Å²) in [6.45, 7) is 7.37. The van der Waals surface area contributed by atoms with Crippen LogP contribution in [0.3, 0.4) is 0 Å². The first-order valence-corrected chi connectivity index (χ1v) is 12.4. The molecule has 0 radical (unpaired) electrons. The number of carboxylic acids is 1. The van der Waals surface area contributed by atoms with Crippen LogP contribution in [0.5, 0.6) is 0 Å². The first-order valence-electron chi connectivity index (χ1n) is 12.4. The summed E-state index contributed by atoms with van der Waals surface area (Å²) >= 11 is 0. The number of aromatic nitrogens is 1. The molecule has 3 N–H and O–H groups in total. The number of aryl methyl sites for hydroxylation is 1. The van der Waals surface area contributed by atoms with Crippen molar-refractivity contribution in [2.24, 2.45) is 0 Å². The monoisotopic (exact) mass is 518 g/mol. The maximum absolute atomic E-state index is 12.6. The van der Waals surface area contributed by atoms with Crippen molar-refractivity contribution in [2.45, 2.75) is 52.1 Å². The van der Waals surface area contributed by atoms with Gasteiger partial charge in [-0.15, -0.1) is 0 Å². The highest BCUT2D eigenvalue weighted by atomic mass is 16.6. The van der Waals surface area contributed by atoms with Gasteiger partial charge in [0.2, 0.25) is 0 Å². The number of amides is 1. The van der Waals surface area contributed by atoms with Crippen molar-refractivity contribution in [2.75, 3.05) is 12.4 Å². The number of aliphatic hydroxyl groups excluding tert-OH is 1. The molecule has 1 saturated carbocycles. The number of carbonyl (C=O) groups excluding carboxylic acids is 1. The lowest BCUT2D eigenvalue weighted by molar-refractivity contribution is -0.140. The van der Waals surface area contributed by atoms with Crippen LogP contribution in [-0.4, -0.2) is 40.6 Å². The quantitative estimate of drug-likeness (QED) is 0.291. The predicted molar refractivity (Wildman–Crippen MR) is 147 cm³/mol. The highest BCUT2D eigenvalue weighted by Gasteiger charge is 2.51. The molecule has 200 valence electrons. The lowest BCUT2D eigenvalue weighted by atomic mass is 9.93. The summed E-state index contributed by atoms with van der Waals surface area (Å²) in [4.78, 5) is 24.2. The number of rotatable bonds is 8. The fourth-order valence-electron chi connectivity index (χ4n) is 4.28. The first kappa shape index (κ1) is 28.4. The average molecular weight is 519 g/mol. The fraction of sp³-hybridized carbons (Fsp3) is 0.300. The number of anilines is 1. The number of hydrogen-bond donors (Lipinski definition) is 3. The molecule has 1 aliphatic carbocycles. The van der Waals surface area contributed by atoms with E-state index in [9.17, 15) is 14.7 Å². The molecular weight excluding hydrogens is 484 g/mol. The Kier molecular flexibility index (Phi) is 9.25. The van der Waals surface area contributed by atoms with Crippen molar-refractivity contribution in [3.8, 4) is 22.5 Å². The van der Waals surface area contributed by atoms with Gasteiger partial charge in [-0.05, 0) is 62.8 Å². The number of aliphatic hydroxyl groups is 1. The van der Waals surface area contributed by atoms with Gasteiger partial charge in [-0.25, -0.2) is 4.79 Å². The van der Waals surface area contributed by atoms with E-state index >= 15 is 0 Å². The molecule has 1 aliphatic rings. The standard InChI is InChI=1S/C29H30N2O5.CH4O/c1-5-7-20(6-2)19(4)35-28(34)30-25-18(3)31-36-26(25)23-10-8-21(9-11-23)22-12-14-24(15-13-22)29(16-17-29)27(32)33;1-2/h5-15,19H,16-17H2,1-4H3,(H,30,34)(H,32,33);2H,1H3/b7-5-,20-6+;. The molecule has 4 rings (SSSR count). The molecule has 1 heterocycles. The van der Waals surface area contributed by atoms with Gasteiger partial charge in [-0.3, -0.25) is 10.1 Å². The summed E-state index contributed by atoms with van der Waals surface area (Å²) in [6.07, 6.45) is 6.06. The normalized spacial score (nSPS) is 14.8. The Morgan fingerprint density at radius 1 is 1.03 bits per heavy atom. The largest absolute Gasteiger partial charge is 0.481 e. The SMILES string of the molecule is C/C=C\C(=C/C)C(C)OC(=O)Nc1c(C)noc1-c1ccc(-c2ccc(C3(C(=O)O)CC3)cc2)cc1.CO. The van der Waals surface area contributed by atoms with Crippen LogP contribution in [0.2, 0.25) is 0 Å². The van der Waals surface area contributed by atoms with E-state index in [1.807, 2.05) is 87.5 Å². The number of carbonyl (C=O) groups is 2. The summed E-state index contributed by atoms with van der Waals surface area (Å²) in [5, 5.41) is 23.3. The third kappa shape index (κ3) is 6.03. The zero-order valence-corrected chi connectivity index (χ0v) is 22.3. The zero-order valence-electron chi connectivity index (χ0n) is 22.3. The van der Waals surface area contributed by atoms with Gasteiger partial charge in [0.25, 0.3) is 0 Å². The van der Waals surface area contributed by atoms with E-state index in [1.54, 1.807) is 6.92 Å². The van der Waals surface area contributed by atoms with Crippen LogP contribution in [0.15, 0.2) is 76.9 Å². The Balaban J connectivity index is 0.00000195.